The molecule has 1 atom stereocenters. The first-order valence-corrected chi connectivity index (χ1v) is 8.67. The van der Waals surface area contributed by atoms with E-state index in [1.807, 2.05) is 42.5 Å². The molecule has 132 valence electrons. The van der Waals surface area contributed by atoms with Crippen molar-refractivity contribution in [2.75, 3.05) is 5.32 Å². The van der Waals surface area contributed by atoms with E-state index in [1.165, 1.54) is 12.3 Å². The summed E-state index contributed by atoms with van der Waals surface area (Å²) in [5, 5.41) is 19.9. The molecule has 0 aliphatic carbocycles. The zero-order chi connectivity index (χ0) is 18.5. The standard InChI is InChI=1S/C18H16N4O3S/c1-12(20-15-7-6-13-4-2-3-5-14(13)10-15)18(23)21-19-11-16-8-9-17(26-16)22(24)25/h2-12,20H,1H3,(H,21,23)/b19-11-/t12-/m1/s1. The van der Waals surface area contributed by atoms with Gasteiger partial charge in [0.25, 0.3) is 5.91 Å². The maximum atomic E-state index is 12.1. The van der Waals surface area contributed by atoms with Crippen LogP contribution in [0.4, 0.5) is 10.7 Å². The Kier molecular flexibility index (Phi) is 5.23. The van der Waals surface area contributed by atoms with Crippen molar-refractivity contribution in [3.05, 3.63) is 69.6 Å². The van der Waals surface area contributed by atoms with Crippen LogP contribution in [0.15, 0.2) is 59.7 Å². The molecule has 8 heteroatoms. The Hall–Kier alpha value is -3.26. The van der Waals surface area contributed by atoms with Crippen LogP contribution in [0.25, 0.3) is 10.8 Å². The summed E-state index contributed by atoms with van der Waals surface area (Å²) >= 11 is 0.989. The Balaban J connectivity index is 1.58. The van der Waals surface area contributed by atoms with Crippen LogP contribution < -0.4 is 10.7 Å². The first-order chi connectivity index (χ1) is 12.5. The van der Waals surface area contributed by atoms with E-state index in [2.05, 4.69) is 15.8 Å². The van der Waals surface area contributed by atoms with Crippen LogP contribution in [0.2, 0.25) is 0 Å². The summed E-state index contributed by atoms with van der Waals surface area (Å²) in [6.07, 6.45) is 1.39. The van der Waals surface area contributed by atoms with E-state index >= 15 is 0 Å². The second-order valence-corrected chi connectivity index (χ2v) is 6.69. The van der Waals surface area contributed by atoms with Crippen molar-refractivity contribution in [1.29, 1.82) is 0 Å². The average Bonchev–Trinajstić information content (AvgIpc) is 3.10. The minimum Gasteiger partial charge on any atom is -0.374 e. The highest BCUT2D eigenvalue weighted by atomic mass is 32.1. The Bertz CT molecular complexity index is 983. The van der Waals surface area contributed by atoms with Crippen molar-refractivity contribution in [3.8, 4) is 0 Å². The molecule has 0 saturated carbocycles. The lowest BCUT2D eigenvalue weighted by Crippen LogP contribution is -2.34. The third kappa shape index (κ3) is 4.22. The molecule has 0 unspecified atom stereocenters. The number of rotatable bonds is 6. The molecule has 0 saturated heterocycles. The van der Waals surface area contributed by atoms with Gasteiger partial charge in [-0.25, -0.2) is 5.43 Å². The quantitative estimate of drug-likeness (QED) is 0.393. The van der Waals surface area contributed by atoms with Gasteiger partial charge >= 0.3 is 5.00 Å². The van der Waals surface area contributed by atoms with E-state index in [-0.39, 0.29) is 10.9 Å². The van der Waals surface area contributed by atoms with Crippen LogP contribution in [0.5, 0.6) is 0 Å². The molecule has 2 N–H and O–H groups in total. The third-order valence-corrected chi connectivity index (χ3v) is 4.66. The summed E-state index contributed by atoms with van der Waals surface area (Å²) in [6.45, 7) is 1.73. The summed E-state index contributed by atoms with van der Waals surface area (Å²) in [5.41, 5.74) is 3.27. The molecule has 1 amide bonds. The average molecular weight is 368 g/mol. The van der Waals surface area contributed by atoms with E-state index in [0.29, 0.717) is 4.88 Å². The summed E-state index contributed by atoms with van der Waals surface area (Å²) in [5.74, 6) is -0.305. The van der Waals surface area contributed by atoms with Crippen molar-refractivity contribution >= 4 is 44.9 Å². The fraction of sp³-hybridized carbons (Fsp3) is 0.111. The molecule has 7 nitrogen and oxygen atoms in total. The van der Waals surface area contributed by atoms with E-state index in [0.717, 1.165) is 27.8 Å². The van der Waals surface area contributed by atoms with E-state index < -0.39 is 11.0 Å². The molecule has 3 rings (SSSR count). The molecule has 1 heterocycles. The second kappa shape index (κ2) is 7.75. The van der Waals surface area contributed by atoms with Gasteiger partial charge in [-0.2, -0.15) is 5.10 Å². The van der Waals surface area contributed by atoms with Crippen molar-refractivity contribution in [1.82, 2.24) is 5.43 Å². The van der Waals surface area contributed by atoms with Crippen molar-refractivity contribution in [2.45, 2.75) is 13.0 Å². The van der Waals surface area contributed by atoms with E-state index in [9.17, 15) is 14.9 Å². The molecule has 2 aromatic carbocycles. The van der Waals surface area contributed by atoms with Gasteiger partial charge < -0.3 is 5.32 Å². The van der Waals surface area contributed by atoms with Gasteiger partial charge in [-0.3, -0.25) is 14.9 Å². The van der Waals surface area contributed by atoms with Crippen LogP contribution in [-0.2, 0) is 4.79 Å². The van der Waals surface area contributed by atoms with Gasteiger partial charge in [0, 0.05) is 11.8 Å². The highest BCUT2D eigenvalue weighted by Gasteiger charge is 2.12. The number of nitrogens with one attached hydrogen (secondary N) is 2. The molecule has 3 aromatic rings. The SMILES string of the molecule is C[C@@H](Nc1ccc2ccccc2c1)C(=O)N/N=C\c1ccc([N+](=O)[O-])s1. The third-order valence-electron chi connectivity index (χ3n) is 3.68. The molecule has 1 aromatic heterocycles. The fourth-order valence-electron chi connectivity index (χ4n) is 2.36. The number of fused-ring (bicyclic) bond motifs is 1. The molecule has 0 radical (unpaired) electrons. The van der Waals surface area contributed by atoms with Gasteiger partial charge in [0.05, 0.1) is 16.0 Å². The molecule has 0 aliphatic heterocycles. The van der Waals surface area contributed by atoms with Crippen molar-refractivity contribution in [3.63, 3.8) is 0 Å². The van der Waals surface area contributed by atoms with Crippen LogP contribution >= 0.6 is 11.3 Å². The van der Waals surface area contributed by atoms with Crippen LogP contribution in [0.3, 0.4) is 0 Å². The van der Waals surface area contributed by atoms with Crippen LogP contribution in [0.1, 0.15) is 11.8 Å². The number of hydrogen-bond donors (Lipinski definition) is 2. The number of thiophene rings is 1. The van der Waals surface area contributed by atoms with Crippen LogP contribution in [0, 0.1) is 10.1 Å². The minimum absolute atomic E-state index is 0.0316. The molecule has 0 fully saturated rings. The predicted molar refractivity (Wildman–Crippen MR) is 104 cm³/mol. The largest absolute Gasteiger partial charge is 0.374 e. The van der Waals surface area contributed by atoms with E-state index in [1.54, 1.807) is 13.0 Å². The molecular weight excluding hydrogens is 352 g/mol. The number of benzene rings is 2. The molecule has 26 heavy (non-hydrogen) atoms. The molecule has 0 spiro atoms. The van der Waals surface area contributed by atoms with Gasteiger partial charge in [0.1, 0.15) is 6.04 Å². The number of carbonyl (C=O) groups is 1. The Morgan fingerprint density at radius 1 is 1.19 bits per heavy atom. The normalized spacial score (nSPS) is 12.2. The Morgan fingerprint density at radius 2 is 1.96 bits per heavy atom. The second-order valence-electron chi connectivity index (χ2n) is 5.60. The topological polar surface area (TPSA) is 96.6 Å². The monoisotopic (exact) mass is 368 g/mol. The van der Waals surface area contributed by atoms with Gasteiger partial charge in [-0.05, 0) is 35.9 Å². The Labute approximate surface area is 153 Å². The number of nitrogens with zero attached hydrogens (tertiary/aromatic N) is 2. The first kappa shape index (κ1) is 17.6. The summed E-state index contributed by atoms with van der Waals surface area (Å²) in [4.78, 5) is 22.9. The van der Waals surface area contributed by atoms with Crippen molar-refractivity contribution in [2.24, 2.45) is 5.10 Å². The molecule has 0 bridgehead atoms. The first-order valence-electron chi connectivity index (χ1n) is 7.85. The smallest absolute Gasteiger partial charge is 0.324 e. The number of amides is 1. The van der Waals surface area contributed by atoms with Crippen molar-refractivity contribution < 1.29 is 9.72 Å². The van der Waals surface area contributed by atoms with Gasteiger partial charge in [0.15, 0.2) is 0 Å². The zero-order valence-electron chi connectivity index (χ0n) is 13.9. The number of anilines is 1. The molecular formula is C18H16N4O3S. The zero-order valence-corrected chi connectivity index (χ0v) is 14.7. The maximum Gasteiger partial charge on any atom is 0.324 e. The summed E-state index contributed by atoms with van der Waals surface area (Å²) in [7, 11) is 0. The number of carbonyl (C=O) groups excluding carboxylic acids is 1. The Morgan fingerprint density at radius 3 is 2.69 bits per heavy atom. The highest BCUT2D eigenvalue weighted by molar-refractivity contribution is 7.16. The van der Waals surface area contributed by atoms with E-state index in [4.69, 9.17) is 0 Å². The predicted octanol–water partition coefficient (Wildman–Crippen LogP) is 3.76. The maximum absolute atomic E-state index is 12.1. The summed E-state index contributed by atoms with van der Waals surface area (Å²) < 4.78 is 0. The molecule has 0 aliphatic rings. The lowest BCUT2D eigenvalue weighted by atomic mass is 10.1. The number of hydrazone groups is 1. The number of hydrogen-bond acceptors (Lipinski definition) is 6. The van der Waals surface area contributed by atoms with Gasteiger partial charge in [-0.1, -0.05) is 41.7 Å². The highest BCUT2D eigenvalue weighted by Crippen LogP contribution is 2.22. The lowest BCUT2D eigenvalue weighted by molar-refractivity contribution is -0.380. The number of nitro groups is 1. The van der Waals surface area contributed by atoms with Gasteiger partial charge in [-0.15, -0.1) is 0 Å². The summed E-state index contributed by atoms with van der Waals surface area (Å²) in [6, 6.07) is 16.3. The minimum atomic E-state index is -0.494. The lowest BCUT2D eigenvalue weighted by Gasteiger charge is -2.14. The van der Waals surface area contributed by atoms with Gasteiger partial charge in [0.2, 0.25) is 0 Å². The van der Waals surface area contributed by atoms with Crippen LogP contribution in [-0.4, -0.2) is 23.1 Å². The fourth-order valence-corrected chi connectivity index (χ4v) is 3.05.